The van der Waals surface area contributed by atoms with Gasteiger partial charge in [0.05, 0.1) is 6.67 Å². The van der Waals surface area contributed by atoms with E-state index < -0.39 is 23.6 Å². The Morgan fingerprint density at radius 2 is 1.83 bits per heavy atom. The maximum absolute atomic E-state index is 11.9. The van der Waals surface area contributed by atoms with Gasteiger partial charge in [0, 0.05) is 0 Å². The van der Waals surface area contributed by atoms with Gasteiger partial charge in [0.2, 0.25) is 0 Å². The molecule has 0 saturated carbocycles. The van der Waals surface area contributed by atoms with Crippen LogP contribution in [0.25, 0.3) is 0 Å². The van der Waals surface area contributed by atoms with Gasteiger partial charge in [-0.25, -0.2) is 9.59 Å². The third-order valence-corrected chi connectivity index (χ3v) is 1.97. The molecule has 0 aliphatic rings. The number of amides is 2. The minimum Gasteiger partial charge on any atom is -0.458 e. The van der Waals surface area contributed by atoms with Crippen LogP contribution in [0.3, 0.4) is 0 Å². The monoisotopic (exact) mass is 259 g/mol. The number of ether oxygens (including phenoxy) is 1. The Balaban J connectivity index is 4.57. The number of hydrogen-bond donors (Lipinski definition) is 3. The smallest absolute Gasteiger partial charge is 0.329 e. The molecule has 1 atom stereocenters. The quantitative estimate of drug-likeness (QED) is 0.506. The fraction of sp³-hybridized carbons (Fsp3) is 0.833. The maximum Gasteiger partial charge on any atom is 0.329 e. The van der Waals surface area contributed by atoms with Crippen molar-refractivity contribution in [2.45, 2.75) is 52.7 Å². The number of nitrogens with one attached hydrogen (secondary N) is 2. The number of carbonyl (C=O) groups is 2. The topological polar surface area (TPSA) is 93.5 Å². The number of nitrogens with two attached hydrogens (primary N) is 1. The van der Waals surface area contributed by atoms with Gasteiger partial charge in [0.15, 0.2) is 0 Å². The summed E-state index contributed by atoms with van der Waals surface area (Å²) in [5.41, 5.74) is 4.63. The van der Waals surface area contributed by atoms with Crippen molar-refractivity contribution in [2.24, 2.45) is 11.7 Å². The lowest BCUT2D eigenvalue weighted by molar-refractivity contribution is -0.157. The Kier molecular flexibility index (Phi) is 6.68. The molecule has 0 radical (unpaired) electrons. The van der Waals surface area contributed by atoms with Gasteiger partial charge in [0.25, 0.3) is 0 Å². The molecule has 0 aliphatic heterocycles. The Morgan fingerprint density at radius 3 is 2.22 bits per heavy atom. The number of urea groups is 1. The molecule has 18 heavy (non-hydrogen) atoms. The summed E-state index contributed by atoms with van der Waals surface area (Å²) in [7, 11) is 0. The minimum absolute atomic E-state index is 0.0224. The Bertz CT molecular complexity index is 285. The molecule has 0 fully saturated rings. The highest BCUT2D eigenvalue weighted by Gasteiger charge is 2.27. The molecule has 2 amide bonds. The van der Waals surface area contributed by atoms with E-state index in [1.165, 1.54) is 0 Å². The molecule has 6 nitrogen and oxygen atoms in total. The van der Waals surface area contributed by atoms with Gasteiger partial charge in [-0.3, -0.25) is 0 Å². The van der Waals surface area contributed by atoms with Crippen LogP contribution in [-0.4, -0.2) is 30.3 Å². The molecule has 0 unspecified atom stereocenters. The standard InChI is InChI=1S/C12H25N3O3/c1-8(2)6-9(15-11(17)14-7-13)10(16)18-12(3,4)5/h8-9H,6-7,13H2,1-5H3,(H2,14,15,17)/t9-/m0/s1. The predicted molar refractivity (Wildman–Crippen MR) is 69.8 cm³/mol. The van der Waals surface area contributed by atoms with Gasteiger partial charge in [0.1, 0.15) is 11.6 Å². The summed E-state index contributed by atoms with van der Waals surface area (Å²) in [5, 5.41) is 4.95. The average Bonchev–Trinajstić information content (AvgIpc) is 2.13. The van der Waals surface area contributed by atoms with Gasteiger partial charge in [-0.1, -0.05) is 13.8 Å². The van der Waals surface area contributed by atoms with Crippen molar-refractivity contribution in [1.29, 1.82) is 0 Å². The number of carbonyl (C=O) groups excluding carboxylic acids is 2. The van der Waals surface area contributed by atoms with Crippen LogP contribution >= 0.6 is 0 Å². The van der Waals surface area contributed by atoms with E-state index in [0.717, 1.165) is 0 Å². The summed E-state index contributed by atoms with van der Waals surface area (Å²) in [6.45, 7) is 9.33. The average molecular weight is 259 g/mol. The Morgan fingerprint density at radius 1 is 1.28 bits per heavy atom. The van der Waals surface area contributed by atoms with E-state index in [9.17, 15) is 9.59 Å². The lowest BCUT2D eigenvalue weighted by Gasteiger charge is -2.25. The first-order valence-electron chi connectivity index (χ1n) is 6.13. The molecule has 0 aromatic carbocycles. The Hall–Kier alpha value is -1.30. The molecule has 0 saturated heterocycles. The molecule has 4 N–H and O–H groups in total. The molecule has 0 aliphatic carbocycles. The summed E-state index contributed by atoms with van der Waals surface area (Å²) in [4.78, 5) is 23.3. The van der Waals surface area contributed by atoms with Crippen LogP contribution in [0, 0.1) is 5.92 Å². The summed E-state index contributed by atoms with van der Waals surface area (Å²) >= 11 is 0. The zero-order valence-corrected chi connectivity index (χ0v) is 11.9. The van der Waals surface area contributed by atoms with Crippen LogP contribution in [0.5, 0.6) is 0 Å². The van der Waals surface area contributed by atoms with Crippen molar-refractivity contribution < 1.29 is 14.3 Å². The molecular formula is C12H25N3O3. The summed E-state index contributed by atoms with van der Waals surface area (Å²) in [5.74, 6) is -0.163. The van der Waals surface area contributed by atoms with E-state index in [1.807, 2.05) is 13.8 Å². The van der Waals surface area contributed by atoms with Crippen LogP contribution in [0.15, 0.2) is 0 Å². The first-order valence-corrected chi connectivity index (χ1v) is 6.13. The molecule has 6 heteroatoms. The molecule has 0 aromatic heterocycles. The van der Waals surface area contributed by atoms with E-state index in [1.54, 1.807) is 20.8 Å². The second-order valence-electron chi connectivity index (χ2n) is 5.57. The van der Waals surface area contributed by atoms with E-state index in [0.29, 0.717) is 6.42 Å². The van der Waals surface area contributed by atoms with Crippen LogP contribution < -0.4 is 16.4 Å². The van der Waals surface area contributed by atoms with E-state index in [2.05, 4.69) is 10.6 Å². The molecule has 0 rings (SSSR count). The van der Waals surface area contributed by atoms with Crippen LogP contribution in [0.1, 0.15) is 41.0 Å². The zero-order chi connectivity index (χ0) is 14.3. The highest BCUT2D eigenvalue weighted by atomic mass is 16.6. The van der Waals surface area contributed by atoms with Crippen molar-refractivity contribution >= 4 is 12.0 Å². The summed E-state index contributed by atoms with van der Waals surface area (Å²) < 4.78 is 5.27. The lowest BCUT2D eigenvalue weighted by atomic mass is 10.0. The molecule has 0 aromatic rings. The minimum atomic E-state index is -0.657. The number of esters is 1. The third kappa shape index (κ3) is 7.89. The first-order chi connectivity index (χ1) is 8.15. The fourth-order valence-corrected chi connectivity index (χ4v) is 1.36. The first kappa shape index (κ1) is 16.7. The second kappa shape index (κ2) is 7.20. The second-order valence-corrected chi connectivity index (χ2v) is 5.57. The number of rotatable bonds is 5. The third-order valence-electron chi connectivity index (χ3n) is 1.97. The van der Waals surface area contributed by atoms with Crippen LogP contribution in [0.2, 0.25) is 0 Å². The Labute approximate surface area is 109 Å². The molecular weight excluding hydrogens is 234 g/mol. The van der Waals surface area contributed by atoms with Crippen molar-refractivity contribution in [1.82, 2.24) is 10.6 Å². The predicted octanol–water partition coefficient (Wildman–Crippen LogP) is 0.958. The van der Waals surface area contributed by atoms with Crippen molar-refractivity contribution in [3.05, 3.63) is 0 Å². The van der Waals surface area contributed by atoms with Gasteiger partial charge < -0.3 is 21.1 Å². The van der Waals surface area contributed by atoms with Crippen LogP contribution in [0.4, 0.5) is 4.79 Å². The van der Waals surface area contributed by atoms with E-state index >= 15 is 0 Å². The van der Waals surface area contributed by atoms with Gasteiger partial charge >= 0.3 is 12.0 Å². The normalized spacial score (nSPS) is 13.1. The SMILES string of the molecule is CC(C)C[C@H](NC(=O)NCN)C(=O)OC(C)(C)C. The van der Waals surface area contributed by atoms with E-state index in [4.69, 9.17) is 10.5 Å². The van der Waals surface area contributed by atoms with Crippen molar-refractivity contribution in [2.75, 3.05) is 6.67 Å². The molecule has 106 valence electrons. The molecule has 0 spiro atoms. The maximum atomic E-state index is 11.9. The number of hydrogen-bond acceptors (Lipinski definition) is 4. The highest BCUT2D eigenvalue weighted by Crippen LogP contribution is 2.12. The lowest BCUT2D eigenvalue weighted by Crippen LogP contribution is -2.49. The van der Waals surface area contributed by atoms with Crippen molar-refractivity contribution in [3.8, 4) is 0 Å². The fourth-order valence-electron chi connectivity index (χ4n) is 1.36. The summed E-state index contributed by atoms with van der Waals surface area (Å²) in [6, 6.07) is -1.12. The summed E-state index contributed by atoms with van der Waals surface area (Å²) in [6.07, 6.45) is 0.521. The zero-order valence-electron chi connectivity index (χ0n) is 11.9. The largest absolute Gasteiger partial charge is 0.458 e. The van der Waals surface area contributed by atoms with Gasteiger partial charge in [-0.15, -0.1) is 0 Å². The van der Waals surface area contributed by atoms with Crippen LogP contribution in [-0.2, 0) is 9.53 Å². The van der Waals surface area contributed by atoms with E-state index in [-0.39, 0.29) is 12.6 Å². The molecule has 0 bridgehead atoms. The molecule has 0 heterocycles. The van der Waals surface area contributed by atoms with Gasteiger partial charge in [-0.05, 0) is 33.1 Å². The van der Waals surface area contributed by atoms with Crippen molar-refractivity contribution in [3.63, 3.8) is 0 Å². The highest BCUT2D eigenvalue weighted by molar-refractivity contribution is 5.83. The van der Waals surface area contributed by atoms with Gasteiger partial charge in [-0.2, -0.15) is 0 Å².